The third-order valence-corrected chi connectivity index (χ3v) is 2.52. The Bertz CT molecular complexity index is 284. The lowest BCUT2D eigenvalue weighted by atomic mass is 10.1. The molecule has 1 atom stereocenters. The number of rotatable bonds is 1. The molecule has 1 aliphatic rings. The van der Waals surface area contributed by atoms with Crippen LogP contribution in [-0.2, 0) is 0 Å². The van der Waals surface area contributed by atoms with Crippen LogP contribution in [0.3, 0.4) is 0 Å². The largest absolute Gasteiger partial charge is 0.314 e. The van der Waals surface area contributed by atoms with E-state index in [9.17, 15) is 0 Å². The maximum atomic E-state index is 5.98. The van der Waals surface area contributed by atoms with Crippen molar-refractivity contribution in [2.24, 2.45) is 0 Å². The molecule has 2 heterocycles. The Balaban J connectivity index is 2.18. The fourth-order valence-corrected chi connectivity index (χ4v) is 1.78. The first-order valence-corrected chi connectivity index (χ1v) is 4.80. The molecule has 0 aromatic carbocycles. The highest BCUT2D eigenvalue weighted by atomic mass is 35.5. The summed E-state index contributed by atoms with van der Waals surface area (Å²) in [6, 6.07) is 4.23. The molecular formula is C9H12ClN3. The van der Waals surface area contributed by atoms with E-state index in [4.69, 9.17) is 11.6 Å². The van der Waals surface area contributed by atoms with Crippen molar-refractivity contribution < 1.29 is 0 Å². The van der Waals surface area contributed by atoms with E-state index in [1.807, 2.05) is 12.1 Å². The predicted octanol–water partition coefficient (Wildman–Crippen LogP) is 0.969. The van der Waals surface area contributed by atoms with E-state index < -0.39 is 0 Å². The first-order chi connectivity index (χ1) is 6.38. The average Bonchev–Trinajstić information content (AvgIpc) is 2.20. The van der Waals surface area contributed by atoms with Crippen LogP contribution in [0.5, 0.6) is 0 Å². The number of hydrogen-bond donors (Lipinski definition) is 2. The molecule has 0 radical (unpaired) electrons. The van der Waals surface area contributed by atoms with Gasteiger partial charge in [-0.05, 0) is 6.07 Å². The summed E-state index contributed by atoms with van der Waals surface area (Å²) in [6.45, 7) is 2.93. The fraction of sp³-hybridized carbons (Fsp3) is 0.444. The molecule has 2 rings (SSSR count). The molecule has 0 amide bonds. The highest BCUT2D eigenvalue weighted by Gasteiger charge is 2.16. The van der Waals surface area contributed by atoms with Gasteiger partial charge < -0.3 is 10.6 Å². The molecule has 0 saturated carbocycles. The zero-order valence-corrected chi connectivity index (χ0v) is 8.01. The van der Waals surface area contributed by atoms with Crippen molar-refractivity contribution in [2.45, 2.75) is 6.04 Å². The molecule has 4 heteroatoms. The Hall–Kier alpha value is -0.640. The Kier molecular flexibility index (Phi) is 2.78. The summed E-state index contributed by atoms with van der Waals surface area (Å²) in [7, 11) is 0. The van der Waals surface area contributed by atoms with Crippen LogP contribution in [0.15, 0.2) is 18.3 Å². The zero-order chi connectivity index (χ0) is 9.10. The van der Waals surface area contributed by atoms with Crippen LogP contribution in [-0.4, -0.2) is 24.6 Å². The number of aromatic nitrogens is 1. The topological polar surface area (TPSA) is 37.0 Å². The maximum Gasteiger partial charge on any atom is 0.133 e. The SMILES string of the molecule is Clc1ncccc1[C@@H]1CNCCN1. The Labute approximate surface area is 82.5 Å². The molecular weight excluding hydrogens is 186 g/mol. The van der Waals surface area contributed by atoms with Gasteiger partial charge in [0.1, 0.15) is 5.15 Å². The number of piperazine rings is 1. The Morgan fingerprint density at radius 1 is 1.46 bits per heavy atom. The van der Waals surface area contributed by atoms with E-state index in [-0.39, 0.29) is 0 Å². The summed E-state index contributed by atoms with van der Waals surface area (Å²) < 4.78 is 0. The summed E-state index contributed by atoms with van der Waals surface area (Å²) in [5, 5.41) is 7.30. The van der Waals surface area contributed by atoms with E-state index >= 15 is 0 Å². The van der Waals surface area contributed by atoms with Gasteiger partial charge in [-0.15, -0.1) is 0 Å². The maximum absolute atomic E-state index is 5.98. The summed E-state index contributed by atoms with van der Waals surface area (Å²) in [6.07, 6.45) is 1.71. The normalized spacial score (nSPS) is 23.0. The summed E-state index contributed by atoms with van der Waals surface area (Å²) in [5.41, 5.74) is 1.08. The van der Waals surface area contributed by atoms with Crippen LogP contribution < -0.4 is 10.6 Å². The first kappa shape index (κ1) is 8.94. The van der Waals surface area contributed by atoms with E-state index in [1.165, 1.54) is 0 Å². The Morgan fingerprint density at radius 3 is 3.08 bits per heavy atom. The third kappa shape index (κ3) is 1.99. The smallest absolute Gasteiger partial charge is 0.133 e. The molecule has 1 aliphatic heterocycles. The molecule has 3 nitrogen and oxygen atoms in total. The lowest BCUT2D eigenvalue weighted by molar-refractivity contribution is 0.429. The lowest BCUT2D eigenvalue weighted by Crippen LogP contribution is -2.42. The summed E-state index contributed by atoms with van der Waals surface area (Å²) >= 11 is 5.98. The van der Waals surface area contributed by atoms with Gasteiger partial charge >= 0.3 is 0 Å². The lowest BCUT2D eigenvalue weighted by Gasteiger charge is -2.25. The highest BCUT2D eigenvalue weighted by molar-refractivity contribution is 6.30. The number of pyridine rings is 1. The molecule has 1 fully saturated rings. The highest BCUT2D eigenvalue weighted by Crippen LogP contribution is 2.20. The minimum absolute atomic E-state index is 0.301. The van der Waals surface area contributed by atoms with Crippen molar-refractivity contribution in [1.29, 1.82) is 0 Å². The van der Waals surface area contributed by atoms with Gasteiger partial charge in [-0.2, -0.15) is 0 Å². The summed E-state index contributed by atoms with van der Waals surface area (Å²) in [5.74, 6) is 0. The van der Waals surface area contributed by atoms with E-state index in [0.717, 1.165) is 25.2 Å². The zero-order valence-electron chi connectivity index (χ0n) is 7.26. The van der Waals surface area contributed by atoms with Crippen molar-refractivity contribution in [2.75, 3.05) is 19.6 Å². The van der Waals surface area contributed by atoms with Crippen molar-refractivity contribution in [1.82, 2.24) is 15.6 Å². The van der Waals surface area contributed by atoms with Crippen molar-refractivity contribution in [3.8, 4) is 0 Å². The second-order valence-corrected chi connectivity index (χ2v) is 3.45. The van der Waals surface area contributed by atoms with Crippen LogP contribution in [0.4, 0.5) is 0 Å². The molecule has 1 aromatic rings. The van der Waals surface area contributed by atoms with Crippen molar-refractivity contribution in [3.63, 3.8) is 0 Å². The number of nitrogens with one attached hydrogen (secondary N) is 2. The molecule has 0 spiro atoms. The number of nitrogens with zero attached hydrogens (tertiary/aromatic N) is 1. The van der Waals surface area contributed by atoms with Gasteiger partial charge in [0.15, 0.2) is 0 Å². The number of hydrogen-bond acceptors (Lipinski definition) is 3. The van der Waals surface area contributed by atoms with Gasteiger partial charge in [-0.25, -0.2) is 4.98 Å². The van der Waals surface area contributed by atoms with Gasteiger partial charge in [-0.1, -0.05) is 17.7 Å². The fourth-order valence-electron chi connectivity index (χ4n) is 1.53. The average molecular weight is 198 g/mol. The van der Waals surface area contributed by atoms with Crippen LogP contribution in [0.2, 0.25) is 5.15 Å². The first-order valence-electron chi connectivity index (χ1n) is 4.42. The van der Waals surface area contributed by atoms with Crippen molar-refractivity contribution >= 4 is 11.6 Å². The van der Waals surface area contributed by atoms with E-state index in [1.54, 1.807) is 6.20 Å². The molecule has 2 N–H and O–H groups in total. The molecule has 0 bridgehead atoms. The van der Waals surface area contributed by atoms with Crippen molar-refractivity contribution in [3.05, 3.63) is 29.0 Å². The van der Waals surface area contributed by atoms with Crippen LogP contribution >= 0.6 is 11.6 Å². The second-order valence-electron chi connectivity index (χ2n) is 3.09. The molecule has 70 valence electrons. The monoisotopic (exact) mass is 197 g/mol. The molecule has 0 unspecified atom stereocenters. The van der Waals surface area contributed by atoms with Gasteiger partial charge in [0.25, 0.3) is 0 Å². The summed E-state index contributed by atoms with van der Waals surface area (Å²) in [4.78, 5) is 4.05. The second kappa shape index (κ2) is 4.05. The van der Waals surface area contributed by atoms with Gasteiger partial charge in [-0.3, -0.25) is 0 Å². The molecule has 0 aliphatic carbocycles. The molecule has 1 aromatic heterocycles. The minimum atomic E-state index is 0.301. The minimum Gasteiger partial charge on any atom is -0.314 e. The predicted molar refractivity (Wildman–Crippen MR) is 52.9 cm³/mol. The van der Waals surface area contributed by atoms with Crippen LogP contribution in [0, 0.1) is 0 Å². The van der Waals surface area contributed by atoms with Crippen LogP contribution in [0.1, 0.15) is 11.6 Å². The van der Waals surface area contributed by atoms with E-state index in [0.29, 0.717) is 11.2 Å². The van der Waals surface area contributed by atoms with Gasteiger partial charge in [0, 0.05) is 37.4 Å². The van der Waals surface area contributed by atoms with Gasteiger partial charge in [0.05, 0.1) is 0 Å². The molecule has 13 heavy (non-hydrogen) atoms. The Morgan fingerprint density at radius 2 is 2.38 bits per heavy atom. The van der Waals surface area contributed by atoms with E-state index in [2.05, 4.69) is 15.6 Å². The van der Waals surface area contributed by atoms with Crippen LogP contribution in [0.25, 0.3) is 0 Å². The number of halogens is 1. The van der Waals surface area contributed by atoms with Gasteiger partial charge in [0.2, 0.25) is 0 Å². The molecule has 1 saturated heterocycles. The third-order valence-electron chi connectivity index (χ3n) is 2.20. The standard InChI is InChI=1S/C9H12ClN3/c10-9-7(2-1-3-13-9)8-6-11-4-5-12-8/h1-3,8,11-12H,4-6H2/t8-/m0/s1. The quantitative estimate of drug-likeness (QED) is 0.659.